The van der Waals surface area contributed by atoms with Crippen molar-refractivity contribution in [2.24, 2.45) is 0 Å². The molecule has 0 atom stereocenters. The van der Waals surface area contributed by atoms with Crippen molar-refractivity contribution in [1.29, 1.82) is 0 Å². The Bertz CT molecular complexity index is 650. The predicted molar refractivity (Wildman–Crippen MR) is 97.5 cm³/mol. The lowest BCUT2D eigenvalue weighted by Crippen LogP contribution is -2.49. The van der Waals surface area contributed by atoms with Gasteiger partial charge in [-0.25, -0.2) is 0 Å². The first-order valence-corrected chi connectivity index (χ1v) is 9.70. The maximum absolute atomic E-state index is 11.6. The number of nitrogens with one attached hydrogen (secondary N) is 1. The van der Waals surface area contributed by atoms with Gasteiger partial charge >= 0.3 is 0 Å². The van der Waals surface area contributed by atoms with Crippen LogP contribution in [0.4, 0.5) is 0 Å². The number of aromatic nitrogens is 2. The predicted octanol–water partition coefficient (Wildman–Crippen LogP) is 1.48. The minimum absolute atomic E-state index is 0.119. The molecule has 1 saturated heterocycles. The molecule has 25 heavy (non-hydrogen) atoms. The lowest BCUT2D eigenvalue weighted by molar-refractivity contribution is -0.122. The van der Waals surface area contributed by atoms with E-state index in [-0.39, 0.29) is 5.91 Å². The molecule has 0 radical (unpaired) electrons. The van der Waals surface area contributed by atoms with Gasteiger partial charge in [0.05, 0.1) is 11.4 Å². The number of amides is 1. The van der Waals surface area contributed by atoms with Crippen LogP contribution in [0.5, 0.6) is 0 Å². The van der Waals surface area contributed by atoms with Crippen LogP contribution in [0.3, 0.4) is 0 Å². The highest BCUT2D eigenvalue weighted by Crippen LogP contribution is 2.21. The Labute approximate surface area is 152 Å². The fourth-order valence-corrected chi connectivity index (χ4v) is 3.59. The summed E-state index contributed by atoms with van der Waals surface area (Å²) in [7, 11) is 0. The fraction of sp³-hybridized carbons (Fsp3) is 0.588. The van der Waals surface area contributed by atoms with Crippen LogP contribution in [0.15, 0.2) is 22.0 Å². The average Bonchev–Trinajstić information content (AvgIpc) is 3.28. The molecule has 1 amide bonds. The molecule has 1 fully saturated rings. The summed E-state index contributed by atoms with van der Waals surface area (Å²) in [6, 6.07) is 3.99. The van der Waals surface area contributed by atoms with Gasteiger partial charge < -0.3 is 14.7 Å². The molecule has 0 aromatic carbocycles. The highest BCUT2D eigenvalue weighted by Gasteiger charge is 2.18. The van der Waals surface area contributed by atoms with Gasteiger partial charge in [-0.15, -0.1) is 11.3 Å². The largest absolute Gasteiger partial charge is 0.355 e. The summed E-state index contributed by atoms with van der Waals surface area (Å²) in [5, 5.41) is 8.91. The van der Waals surface area contributed by atoms with Gasteiger partial charge in [0.25, 0.3) is 0 Å². The van der Waals surface area contributed by atoms with Gasteiger partial charge in [-0.1, -0.05) is 11.2 Å². The molecular formula is C17H25N5O2S. The molecular weight excluding hydrogens is 338 g/mol. The minimum Gasteiger partial charge on any atom is -0.355 e. The molecule has 136 valence electrons. The van der Waals surface area contributed by atoms with E-state index in [2.05, 4.69) is 25.3 Å². The van der Waals surface area contributed by atoms with Crippen LogP contribution in [-0.2, 0) is 11.2 Å². The molecule has 1 N–H and O–H groups in total. The monoisotopic (exact) mass is 363 g/mol. The number of carbonyl (C=O) groups excluding carboxylic acids is 1. The quantitative estimate of drug-likeness (QED) is 0.766. The maximum atomic E-state index is 11.6. The van der Waals surface area contributed by atoms with E-state index >= 15 is 0 Å². The van der Waals surface area contributed by atoms with E-state index in [1.807, 2.05) is 24.4 Å². The highest BCUT2D eigenvalue weighted by atomic mass is 32.1. The van der Waals surface area contributed by atoms with Crippen LogP contribution >= 0.6 is 11.3 Å². The number of aryl methyl sites for hydroxylation is 1. The normalized spacial score (nSPS) is 16.2. The maximum Gasteiger partial charge on any atom is 0.234 e. The second kappa shape index (κ2) is 9.07. The highest BCUT2D eigenvalue weighted by molar-refractivity contribution is 7.13. The summed E-state index contributed by atoms with van der Waals surface area (Å²) in [5.74, 6) is 1.51. The number of rotatable bonds is 8. The Balaban J connectivity index is 1.34. The fourth-order valence-electron chi connectivity index (χ4n) is 2.94. The molecule has 1 aliphatic heterocycles. The van der Waals surface area contributed by atoms with Crippen LogP contribution in [0, 0.1) is 0 Å². The molecule has 0 saturated carbocycles. The molecule has 0 bridgehead atoms. The molecule has 1 aliphatic rings. The van der Waals surface area contributed by atoms with Gasteiger partial charge in [0.1, 0.15) is 0 Å². The Morgan fingerprint density at radius 2 is 2.12 bits per heavy atom. The second-order valence-corrected chi connectivity index (χ2v) is 7.11. The summed E-state index contributed by atoms with van der Waals surface area (Å²) >= 11 is 1.62. The van der Waals surface area contributed by atoms with Crippen LogP contribution in [0.1, 0.15) is 19.2 Å². The van der Waals surface area contributed by atoms with Crippen molar-refractivity contribution in [2.45, 2.75) is 19.8 Å². The Morgan fingerprint density at radius 3 is 2.84 bits per heavy atom. The van der Waals surface area contributed by atoms with Crippen LogP contribution in [0.25, 0.3) is 10.7 Å². The van der Waals surface area contributed by atoms with Crippen LogP contribution in [-0.4, -0.2) is 71.7 Å². The number of piperazine rings is 1. The van der Waals surface area contributed by atoms with E-state index in [4.69, 9.17) is 4.52 Å². The van der Waals surface area contributed by atoms with Gasteiger partial charge in [-0.3, -0.25) is 9.69 Å². The second-order valence-electron chi connectivity index (χ2n) is 6.16. The zero-order chi connectivity index (χ0) is 17.5. The Kier molecular flexibility index (Phi) is 6.55. The van der Waals surface area contributed by atoms with Crippen molar-refractivity contribution in [2.75, 3.05) is 45.8 Å². The zero-order valence-electron chi connectivity index (χ0n) is 14.6. The lowest BCUT2D eigenvalue weighted by atomic mass is 10.2. The number of hydrogen-bond acceptors (Lipinski definition) is 7. The van der Waals surface area contributed by atoms with Gasteiger partial charge in [0, 0.05) is 39.1 Å². The SMILES string of the molecule is CCNC(=O)CN1CCN(CCCc2nc(-c3cccs3)no2)CC1. The minimum atomic E-state index is 0.119. The first-order chi connectivity index (χ1) is 12.2. The third kappa shape index (κ3) is 5.35. The Hall–Kier alpha value is -1.77. The van der Waals surface area contributed by atoms with E-state index in [1.165, 1.54) is 0 Å². The van der Waals surface area contributed by atoms with Gasteiger partial charge in [-0.2, -0.15) is 4.98 Å². The van der Waals surface area contributed by atoms with Crippen molar-refractivity contribution in [3.63, 3.8) is 0 Å². The number of nitrogens with zero attached hydrogens (tertiary/aromatic N) is 4. The summed E-state index contributed by atoms with van der Waals surface area (Å²) in [6.07, 6.45) is 1.81. The molecule has 7 nitrogen and oxygen atoms in total. The summed E-state index contributed by atoms with van der Waals surface area (Å²) < 4.78 is 5.34. The van der Waals surface area contributed by atoms with Crippen molar-refractivity contribution >= 4 is 17.2 Å². The third-order valence-corrected chi connectivity index (χ3v) is 5.15. The van der Waals surface area contributed by atoms with E-state index in [1.54, 1.807) is 11.3 Å². The summed E-state index contributed by atoms with van der Waals surface area (Å²) in [4.78, 5) is 21.8. The number of hydrogen-bond donors (Lipinski definition) is 1. The van der Waals surface area contributed by atoms with Crippen molar-refractivity contribution in [3.05, 3.63) is 23.4 Å². The molecule has 3 rings (SSSR count). The lowest BCUT2D eigenvalue weighted by Gasteiger charge is -2.34. The topological polar surface area (TPSA) is 74.5 Å². The van der Waals surface area contributed by atoms with Crippen molar-refractivity contribution < 1.29 is 9.32 Å². The standard InChI is InChI=1S/C17H25N5O2S/c1-2-18-15(23)13-22-10-8-21(9-11-22)7-3-6-16-19-17(20-24-16)14-5-4-12-25-14/h4-5,12H,2-3,6-11,13H2,1H3,(H,18,23). The molecule has 0 spiro atoms. The van der Waals surface area contributed by atoms with Gasteiger partial charge in [-0.05, 0) is 31.3 Å². The van der Waals surface area contributed by atoms with Crippen LogP contribution in [0.2, 0.25) is 0 Å². The van der Waals surface area contributed by atoms with Crippen molar-refractivity contribution in [3.8, 4) is 10.7 Å². The molecule has 8 heteroatoms. The number of carbonyl (C=O) groups is 1. The first kappa shape index (κ1) is 18.0. The molecule has 2 aromatic heterocycles. The van der Waals surface area contributed by atoms with E-state index in [0.29, 0.717) is 24.8 Å². The van der Waals surface area contributed by atoms with E-state index < -0.39 is 0 Å². The zero-order valence-corrected chi connectivity index (χ0v) is 15.4. The number of likely N-dealkylation sites (N-methyl/N-ethyl adjacent to an activating group) is 1. The molecule has 3 heterocycles. The van der Waals surface area contributed by atoms with Crippen molar-refractivity contribution in [1.82, 2.24) is 25.3 Å². The first-order valence-electron chi connectivity index (χ1n) is 8.82. The molecule has 0 aliphatic carbocycles. The van der Waals surface area contributed by atoms with Gasteiger partial charge in [0.15, 0.2) is 0 Å². The average molecular weight is 363 g/mol. The van der Waals surface area contributed by atoms with Gasteiger partial charge in [0.2, 0.25) is 17.6 Å². The van der Waals surface area contributed by atoms with E-state index in [9.17, 15) is 4.79 Å². The van der Waals surface area contributed by atoms with E-state index in [0.717, 1.165) is 50.4 Å². The summed E-state index contributed by atoms with van der Waals surface area (Å²) in [6.45, 7) is 8.07. The third-order valence-electron chi connectivity index (χ3n) is 4.28. The Morgan fingerprint density at radius 1 is 1.32 bits per heavy atom. The van der Waals surface area contributed by atoms with Crippen LogP contribution < -0.4 is 5.32 Å². The smallest absolute Gasteiger partial charge is 0.234 e. The number of thiophene rings is 1. The summed E-state index contributed by atoms with van der Waals surface area (Å²) in [5.41, 5.74) is 0. The molecule has 0 unspecified atom stereocenters. The molecule has 2 aromatic rings.